The molecular weight excluding hydrogens is 430 g/mol. The number of aromatic nitrogens is 3. The summed E-state index contributed by atoms with van der Waals surface area (Å²) in [5.74, 6) is -1.10. The van der Waals surface area contributed by atoms with E-state index in [1.54, 1.807) is 6.92 Å². The minimum absolute atomic E-state index is 0.190. The smallest absolute Gasteiger partial charge is 0.347 e. The fourth-order valence-corrected chi connectivity index (χ4v) is 4.58. The molecule has 2 aromatic rings. The first-order chi connectivity index (χ1) is 14.3. The van der Waals surface area contributed by atoms with Crippen molar-refractivity contribution in [3.8, 4) is 0 Å². The van der Waals surface area contributed by atoms with E-state index in [-0.39, 0.29) is 28.8 Å². The van der Waals surface area contributed by atoms with Gasteiger partial charge in [-0.25, -0.2) is 14.8 Å². The molecule has 2 atom stereocenters. The number of nitrogens with zero attached hydrogens (tertiary/aromatic N) is 3. The number of anilines is 1. The Morgan fingerprint density at radius 3 is 2.77 bits per heavy atom. The molecule has 3 N–H and O–H groups in total. The minimum Gasteiger partial charge on any atom is -0.477 e. The fourth-order valence-electron chi connectivity index (χ4n) is 3.38. The molecule has 1 aliphatic rings. The highest BCUT2D eigenvalue weighted by Gasteiger charge is 2.33. The number of ether oxygens (including phenoxy) is 1. The number of rotatable bonds is 8. The van der Waals surface area contributed by atoms with Gasteiger partial charge in [0.15, 0.2) is 16.1 Å². The second-order valence-corrected chi connectivity index (χ2v) is 8.48. The summed E-state index contributed by atoms with van der Waals surface area (Å²) in [6.45, 7) is 7.35. The van der Waals surface area contributed by atoms with Gasteiger partial charge in [-0.1, -0.05) is 36.8 Å². The molecule has 9 nitrogen and oxygen atoms in total. The maximum absolute atomic E-state index is 12.7. The molecule has 1 saturated heterocycles. The molecule has 0 radical (unpaired) electrons. The van der Waals surface area contributed by atoms with E-state index in [0.717, 1.165) is 23.5 Å². The summed E-state index contributed by atoms with van der Waals surface area (Å²) in [5.41, 5.74) is 1.23. The molecule has 11 heteroatoms. The normalized spacial score (nSPS) is 19.1. The monoisotopic (exact) mass is 455 g/mol. The van der Waals surface area contributed by atoms with Crippen molar-refractivity contribution in [2.24, 2.45) is 0 Å². The van der Waals surface area contributed by atoms with Crippen molar-refractivity contribution in [2.75, 3.05) is 24.6 Å². The van der Waals surface area contributed by atoms with Gasteiger partial charge in [0.1, 0.15) is 4.88 Å². The van der Waals surface area contributed by atoms with Crippen LogP contribution in [0.4, 0.5) is 5.13 Å². The van der Waals surface area contributed by atoms with Gasteiger partial charge in [0.25, 0.3) is 5.91 Å². The number of halogens is 1. The Morgan fingerprint density at radius 2 is 2.17 bits per heavy atom. The van der Waals surface area contributed by atoms with E-state index in [4.69, 9.17) is 16.3 Å². The Labute approximate surface area is 183 Å². The second kappa shape index (κ2) is 9.76. The van der Waals surface area contributed by atoms with E-state index in [0.29, 0.717) is 48.5 Å². The molecule has 1 fully saturated rings. The van der Waals surface area contributed by atoms with Crippen LogP contribution in [-0.2, 0) is 11.2 Å². The summed E-state index contributed by atoms with van der Waals surface area (Å²) in [4.78, 5) is 37.8. The number of aromatic amines is 1. The van der Waals surface area contributed by atoms with Gasteiger partial charge in [-0.15, -0.1) is 0 Å². The van der Waals surface area contributed by atoms with Crippen LogP contribution in [0.1, 0.15) is 58.4 Å². The Kier molecular flexibility index (Phi) is 7.32. The van der Waals surface area contributed by atoms with Gasteiger partial charge in [-0.3, -0.25) is 4.79 Å². The van der Waals surface area contributed by atoms with Crippen molar-refractivity contribution in [3.05, 3.63) is 27.2 Å². The van der Waals surface area contributed by atoms with Crippen LogP contribution in [-0.4, -0.2) is 63.8 Å². The molecular formula is C19H26ClN5O4S. The number of carboxylic acid groups (broad SMARTS) is 1. The first-order valence-electron chi connectivity index (χ1n) is 9.96. The molecule has 164 valence electrons. The highest BCUT2D eigenvalue weighted by Crippen LogP contribution is 2.29. The van der Waals surface area contributed by atoms with Gasteiger partial charge in [-0.05, 0) is 26.2 Å². The molecule has 2 aromatic heterocycles. The third kappa shape index (κ3) is 4.93. The molecule has 0 bridgehead atoms. The van der Waals surface area contributed by atoms with E-state index in [1.807, 2.05) is 18.7 Å². The van der Waals surface area contributed by atoms with Crippen molar-refractivity contribution in [3.63, 3.8) is 0 Å². The third-order valence-corrected chi connectivity index (χ3v) is 6.48. The van der Waals surface area contributed by atoms with Gasteiger partial charge in [0.05, 0.1) is 23.5 Å². The van der Waals surface area contributed by atoms with Crippen LogP contribution in [0.15, 0.2) is 0 Å². The van der Waals surface area contributed by atoms with E-state index in [1.165, 1.54) is 0 Å². The number of imidazole rings is 1. The number of amides is 1. The number of H-pyrrole nitrogens is 1. The molecule has 3 rings (SSSR count). The van der Waals surface area contributed by atoms with Crippen molar-refractivity contribution < 1.29 is 19.4 Å². The maximum Gasteiger partial charge on any atom is 0.347 e. The number of hydrogen-bond acceptors (Lipinski definition) is 7. The zero-order chi connectivity index (χ0) is 21.8. The lowest BCUT2D eigenvalue weighted by Crippen LogP contribution is -2.55. The third-order valence-electron chi connectivity index (χ3n) is 4.96. The quantitative estimate of drug-likeness (QED) is 0.559. The maximum atomic E-state index is 12.7. The topological polar surface area (TPSA) is 120 Å². The lowest BCUT2D eigenvalue weighted by molar-refractivity contribution is 0.0204. The lowest BCUT2D eigenvalue weighted by atomic mass is 10.0. The number of aryl methyl sites for hydroxylation is 2. The highest BCUT2D eigenvalue weighted by molar-refractivity contribution is 7.17. The van der Waals surface area contributed by atoms with Crippen molar-refractivity contribution in [1.82, 2.24) is 20.3 Å². The first kappa shape index (κ1) is 22.5. The minimum atomic E-state index is -0.972. The average Bonchev–Trinajstić information content (AvgIpc) is 3.29. The molecule has 1 aliphatic heterocycles. The van der Waals surface area contributed by atoms with Crippen LogP contribution in [0.25, 0.3) is 0 Å². The van der Waals surface area contributed by atoms with Gasteiger partial charge in [0.2, 0.25) is 0 Å². The Morgan fingerprint density at radius 1 is 1.40 bits per heavy atom. The van der Waals surface area contributed by atoms with E-state index in [2.05, 4.69) is 20.3 Å². The van der Waals surface area contributed by atoms with Crippen molar-refractivity contribution in [2.45, 2.75) is 52.2 Å². The second-order valence-electron chi connectivity index (χ2n) is 7.15. The molecule has 30 heavy (non-hydrogen) atoms. The van der Waals surface area contributed by atoms with Crippen LogP contribution in [0, 0.1) is 6.92 Å². The largest absolute Gasteiger partial charge is 0.477 e. The van der Waals surface area contributed by atoms with Crippen molar-refractivity contribution >= 4 is 39.9 Å². The number of piperidine rings is 1. The molecule has 0 aromatic carbocycles. The summed E-state index contributed by atoms with van der Waals surface area (Å²) in [6.07, 6.45) is 1.89. The molecule has 0 saturated carbocycles. The number of hydrogen-bond donors (Lipinski definition) is 3. The predicted molar refractivity (Wildman–Crippen MR) is 115 cm³/mol. The fraction of sp³-hybridized carbons (Fsp3) is 0.579. The molecule has 1 amide bonds. The summed E-state index contributed by atoms with van der Waals surface area (Å²) in [6, 6.07) is -0.200. The van der Waals surface area contributed by atoms with E-state index < -0.39 is 5.97 Å². The Hall–Kier alpha value is -2.17. The first-order valence-corrected chi connectivity index (χ1v) is 11.2. The van der Waals surface area contributed by atoms with Crippen LogP contribution in [0.2, 0.25) is 5.15 Å². The predicted octanol–water partition coefficient (Wildman–Crippen LogP) is 2.89. The van der Waals surface area contributed by atoms with Crippen LogP contribution >= 0.6 is 22.9 Å². The molecule has 3 heterocycles. The Balaban J connectivity index is 1.72. The van der Waals surface area contributed by atoms with Gasteiger partial charge in [0, 0.05) is 19.7 Å². The summed E-state index contributed by atoms with van der Waals surface area (Å²) in [7, 11) is 0. The Bertz CT molecular complexity index is 915. The lowest BCUT2D eigenvalue weighted by Gasteiger charge is -2.38. The van der Waals surface area contributed by atoms with Gasteiger partial charge >= 0.3 is 5.97 Å². The van der Waals surface area contributed by atoms with Crippen LogP contribution < -0.4 is 10.2 Å². The number of carbonyl (C=O) groups is 2. The SMILES string of the molecule is CCCO[C@H]1CN(c2nc(C)c(C(=O)O)s2)CC[C@H]1NC(=O)c1nc(Cl)c(CC)[nH]1. The summed E-state index contributed by atoms with van der Waals surface area (Å²) in [5, 5.41) is 13.3. The standard InChI is InChI=1S/C19H26ClN5O4S/c1-4-8-29-13-9-25(19-21-10(3)14(30-19)18(27)28)7-6-12(13)23-17(26)16-22-11(5-2)15(20)24-16/h12-13H,4-9H2,1-3H3,(H,22,24)(H,23,26)(H,27,28)/t12-,13+/m1/s1. The average molecular weight is 456 g/mol. The molecule has 0 unspecified atom stereocenters. The zero-order valence-corrected chi connectivity index (χ0v) is 18.8. The van der Waals surface area contributed by atoms with Gasteiger partial charge in [-0.2, -0.15) is 0 Å². The number of aromatic carboxylic acids is 1. The van der Waals surface area contributed by atoms with E-state index in [9.17, 15) is 14.7 Å². The van der Waals surface area contributed by atoms with Crippen LogP contribution in [0.3, 0.4) is 0 Å². The van der Waals surface area contributed by atoms with E-state index >= 15 is 0 Å². The van der Waals surface area contributed by atoms with Crippen molar-refractivity contribution in [1.29, 1.82) is 0 Å². The molecule has 0 aliphatic carbocycles. The summed E-state index contributed by atoms with van der Waals surface area (Å²) >= 11 is 7.21. The number of carboxylic acids is 1. The highest BCUT2D eigenvalue weighted by atomic mass is 35.5. The molecule has 0 spiro atoms. The number of thiazole rings is 1. The zero-order valence-electron chi connectivity index (χ0n) is 17.2. The summed E-state index contributed by atoms with van der Waals surface area (Å²) < 4.78 is 6.02. The number of nitrogens with one attached hydrogen (secondary N) is 2. The number of carbonyl (C=O) groups excluding carboxylic acids is 1. The van der Waals surface area contributed by atoms with Crippen LogP contribution in [0.5, 0.6) is 0 Å². The van der Waals surface area contributed by atoms with Gasteiger partial charge < -0.3 is 25.0 Å².